The molecule has 1 aromatic carbocycles. The lowest BCUT2D eigenvalue weighted by Crippen LogP contribution is -2.31. The van der Waals surface area contributed by atoms with Gasteiger partial charge in [-0.2, -0.15) is 5.10 Å². The summed E-state index contributed by atoms with van der Waals surface area (Å²) in [6.45, 7) is 0. The molecule has 0 radical (unpaired) electrons. The van der Waals surface area contributed by atoms with Gasteiger partial charge in [0.25, 0.3) is 15.6 Å². The number of fused-ring (bicyclic) bond motifs is 1. The van der Waals surface area contributed by atoms with E-state index in [0.29, 0.717) is 11.4 Å². The van der Waals surface area contributed by atoms with Crippen molar-refractivity contribution in [1.29, 1.82) is 0 Å². The van der Waals surface area contributed by atoms with Crippen LogP contribution in [0.2, 0.25) is 0 Å². The summed E-state index contributed by atoms with van der Waals surface area (Å²) >= 11 is 0. The largest absolute Gasteiger partial charge is 0.268 e. The van der Waals surface area contributed by atoms with Gasteiger partial charge < -0.3 is 0 Å². The molecule has 0 spiro atoms. The molecule has 1 saturated carbocycles. The topological polar surface area (TPSA) is 106 Å². The smallest absolute Gasteiger partial charge is 0.267 e. The van der Waals surface area contributed by atoms with Crippen molar-refractivity contribution in [2.75, 3.05) is 0 Å². The number of pyridine rings is 1. The minimum Gasteiger partial charge on any atom is -0.268 e. The Bertz CT molecular complexity index is 1310. The first-order valence-corrected chi connectivity index (χ1v) is 11.7. The Labute approximate surface area is 179 Å². The van der Waals surface area contributed by atoms with Crippen molar-refractivity contribution in [3.63, 3.8) is 0 Å². The summed E-state index contributed by atoms with van der Waals surface area (Å²) in [5.41, 5.74) is 2.15. The Morgan fingerprint density at radius 2 is 1.71 bits per heavy atom. The molecule has 8 nitrogen and oxygen atoms in total. The average molecular weight is 436 g/mol. The quantitative estimate of drug-likeness (QED) is 0.680. The van der Waals surface area contributed by atoms with Crippen LogP contribution >= 0.6 is 0 Å². The highest BCUT2D eigenvalue weighted by Gasteiger charge is 2.32. The van der Waals surface area contributed by atoms with Gasteiger partial charge in [0.2, 0.25) is 0 Å². The molecule has 1 N–H and O–H groups in total. The van der Waals surface area contributed by atoms with Gasteiger partial charge >= 0.3 is 0 Å². The van der Waals surface area contributed by atoms with E-state index in [9.17, 15) is 13.2 Å². The first kappa shape index (κ1) is 19.6. The third kappa shape index (κ3) is 3.76. The standard InChI is InChI=1S/C22H21N5O3S/c28-21-10-9-19(15-11-13-23-14-12-15)25-27(21)17-7-5-16(6-8-17)24-22-18-3-1-2-4-20(18)31(29,30)26-22/h1-4,9-14,16-17H,5-8H2,(H,24,26). The maximum Gasteiger partial charge on any atom is 0.267 e. The molecule has 9 heteroatoms. The number of hydrogen-bond donors (Lipinski definition) is 1. The molecule has 0 bridgehead atoms. The monoisotopic (exact) mass is 435 g/mol. The number of aliphatic imine (C=N–C) groups is 1. The highest BCUT2D eigenvalue weighted by molar-refractivity contribution is 7.90. The molecule has 3 aromatic rings. The lowest BCUT2D eigenvalue weighted by Gasteiger charge is -2.27. The van der Waals surface area contributed by atoms with Crippen LogP contribution in [0, 0.1) is 0 Å². The maximum absolute atomic E-state index is 12.5. The van der Waals surface area contributed by atoms with E-state index in [1.165, 1.54) is 0 Å². The lowest BCUT2D eigenvalue weighted by molar-refractivity contribution is 0.297. The molecule has 158 valence electrons. The van der Waals surface area contributed by atoms with Crippen molar-refractivity contribution in [1.82, 2.24) is 19.5 Å². The minimum absolute atomic E-state index is 0.000751. The predicted molar refractivity (Wildman–Crippen MR) is 116 cm³/mol. The number of aromatic nitrogens is 3. The van der Waals surface area contributed by atoms with Crippen molar-refractivity contribution < 1.29 is 8.42 Å². The Balaban J connectivity index is 1.34. The van der Waals surface area contributed by atoms with Crippen LogP contribution in [0.1, 0.15) is 37.3 Å². The Morgan fingerprint density at radius 3 is 2.48 bits per heavy atom. The molecule has 2 aromatic heterocycles. The van der Waals surface area contributed by atoms with Gasteiger partial charge in [0.1, 0.15) is 5.84 Å². The molecule has 0 unspecified atom stereocenters. The third-order valence-corrected chi connectivity index (χ3v) is 7.18. The summed E-state index contributed by atoms with van der Waals surface area (Å²) in [5.74, 6) is 0.411. The second-order valence-electron chi connectivity index (χ2n) is 7.78. The Hall–Kier alpha value is -3.33. The maximum atomic E-state index is 12.5. The van der Waals surface area contributed by atoms with Crippen molar-refractivity contribution in [3.8, 4) is 11.3 Å². The van der Waals surface area contributed by atoms with Gasteiger partial charge in [-0.25, -0.2) is 13.1 Å². The Morgan fingerprint density at radius 1 is 0.968 bits per heavy atom. The van der Waals surface area contributed by atoms with Crippen LogP contribution < -0.4 is 10.3 Å². The van der Waals surface area contributed by atoms with Crippen LogP contribution in [-0.2, 0) is 10.0 Å². The number of nitrogens with zero attached hydrogens (tertiary/aromatic N) is 4. The molecule has 1 fully saturated rings. The summed E-state index contributed by atoms with van der Waals surface area (Å²) in [4.78, 5) is 21.4. The summed E-state index contributed by atoms with van der Waals surface area (Å²) in [5, 5.41) is 4.59. The van der Waals surface area contributed by atoms with E-state index in [2.05, 4.69) is 14.8 Å². The van der Waals surface area contributed by atoms with E-state index in [1.807, 2.05) is 18.2 Å². The van der Waals surface area contributed by atoms with Crippen LogP contribution in [0.15, 0.2) is 75.6 Å². The third-order valence-electron chi connectivity index (χ3n) is 5.79. The molecular weight excluding hydrogens is 414 g/mol. The van der Waals surface area contributed by atoms with Gasteiger partial charge in [0, 0.05) is 29.6 Å². The van der Waals surface area contributed by atoms with Crippen molar-refractivity contribution in [2.24, 2.45) is 4.99 Å². The molecule has 2 aliphatic rings. The SMILES string of the molecule is O=c1ccc(-c2ccncc2)nn1C1CCC(N=C2NS(=O)(=O)c3ccccc32)CC1. The van der Waals surface area contributed by atoms with E-state index < -0.39 is 10.0 Å². The van der Waals surface area contributed by atoms with Crippen LogP contribution in [-0.4, -0.2) is 35.1 Å². The zero-order chi connectivity index (χ0) is 21.4. The molecule has 5 rings (SSSR count). The molecular formula is C22H21N5O3S. The summed E-state index contributed by atoms with van der Waals surface area (Å²) < 4.78 is 28.7. The summed E-state index contributed by atoms with van der Waals surface area (Å²) in [6, 6.07) is 13.9. The zero-order valence-electron chi connectivity index (χ0n) is 16.7. The number of sulfonamides is 1. The summed E-state index contributed by atoms with van der Waals surface area (Å²) in [6.07, 6.45) is 6.42. The second kappa shape index (κ2) is 7.73. The highest BCUT2D eigenvalue weighted by Crippen LogP contribution is 2.31. The van der Waals surface area contributed by atoms with E-state index in [1.54, 1.807) is 47.4 Å². The molecule has 0 saturated heterocycles. The van der Waals surface area contributed by atoms with Gasteiger partial charge in [0.15, 0.2) is 0 Å². The highest BCUT2D eigenvalue weighted by atomic mass is 32.2. The molecule has 1 aliphatic heterocycles. The predicted octanol–water partition coefficient (Wildman–Crippen LogP) is 2.53. The fourth-order valence-electron chi connectivity index (χ4n) is 4.21. The molecule has 1 aliphatic carbocycles. The van der Waals surface area contributed by atoms with E-state index in [4.69, 9.17) is 4.99 Å². The molecule has 3 heterocycles. The van der Waals surface area contributed by atoms with Crippen LogP contribution in [0.3, 0.4) is 0 Å². The van der Waals surface area contributed by atoms with Gasteiger partial charge in [-0.1, -0.05) is 12.1 Å². The van der Waals surface area contributed by atoms with Gasteiger partial charge in [0.05, 0.1) is 22.7 Å². The Kier molecular flexibility index (Phi) is 4.90. The molecule has 0 amide bonds. The van der Waals surface area contributed by atoms with Crippen molar-refractivity contribution in [3.05, 3.63) is 76.8 Å². The fourth-order valence-corrected chi connectivity index (χ4v) is 5.45. The van der Waals surface area contributed by atoms with Crippen molar-refractivity contribution >= 4 is 15.9 Å². The van der Waals surface area contributed by atoms with Crippen LogP contribution in [0.5, 0.6) is 0 Å². The van der Waals surface area contributed by atoms with E-state index in [-0.39, 0.29) is 22.5 Å². The van der Waals surface area contributed by atoms with Crippen LogP contribution in [0.25, 0.3) is 11.3 Å². The number of nitrogens with one attached hydrogen (secondary N) is 1. The number of benzene rings is 1. The first-order chi connectivity index (χ1) is 15.0. The minimum atomic E-state index is -3.54. The summed E-state index contributed by atoms with van der Waals surface area (Å²) in [7, 11) is -3.54. The van der Waals surface area contributed by atoms with Gasteiger partial charge in [-0.15, -0.1) is 0 Å². The average Bonchev–Trinajstić information content (AvgIpc) is 3.05. The second-order valence-corrected chi connectivity index (χ2v) is 9.43. The van der Waals surface area contributed by atoms with E-state index >= 15 is 0 Å². The zero-order valence-corrected chi connectivity index (χ0v) is 17.5. The lowest BCUT2D eigenvalue weighted by atomic mass is 9.91. The van der Waals surface area contributed by atoms with E-state index in [0.717, 1.165) is 36.9 Å². The normalized spacial score (nSPS) is 23.3. The fraction of sp³-hybridized carbons (Fsp3) is 0.273. The van der Waals surface area contributed by atoms with Crippen molar-refractivity contribution in [2.45, 2.75) is 42.7 Å². The number of hydrogen-bond acceptors (Lipinski definition) is 6. The first-order valence-electron chi connectivity index (χ1n) is 10.2. The molecule has 31 heavy (non-hydrogen) atoms. The molecule has 0 atom stereocenters. The van der Waals surface area contributed by atoms with Gasteiger partial charge in [-0.05, 0) is 56.0 Å². The number of amidine groups is 1. The van der Waals surface area contributed by atoms with Crippen LogP contribution in [0.4, 0.5) is 0 Å². The number of rotatable bonds is 3. The van der Waals surface area contributed by atoms with Gasteiger partial charge in [-0.3, -0.25) is 19.5 Å².